The highest BCUT2D eigenvalue weighted by atomic mass is 35.5. The Hall–Kier alpha value is -1.59. The number of benzene rings is 1. The Kier molecular flexibility index (Phi) is 4.60. The van der Waals surface area contributed by atoms with Gasteiger partial charge in [-0.25, -0.2) is 4.90 Å². The van der Waals surface area contributed by atoms with Crippen LogP contribution >= 0.6 is 11.6 Å². The first-order valence-electron chi connectivity index (χ1n) is 7.95. The number of ether oxygens (including phenoxy) is 1. The van der Waals surface area contributed by atoms with Crippen LogP contribution in [-0.4, -0.2) is 43.0 Å². The predicted octanol–water partition coefficient (Wildman–Crippen LogP) is 2.71. The summed E-state index contributed by atoms with van der Waals surface area (Å²) in [6, 6.07) is 4.60. The third-order valence-electron chi connectivity index (χ3n) is 4.76. The van der Waals surface area contributed by atoms with E-state index in [2.05, 4.69) is 11.8 Å². The first kappa shape index (κ1) is 16.3. The number of hydrogen-bond acceptors (Lipinski definition) is 4. The standard InChI is InChI=1S/C17H21ClN2O3/c1-11-5-7-19(8-6-11)14-10-16(21)20(17(14)22)13-9-12(18)3-4-15(13)23-2/h3-4,9,11,14H,5-8,10H2,1-2H3/t14-/m0/s1. The summed E-state index contributed by atoms with van der Waals surface area (Å²) in [5, 5.41) is 0.469. The molecule has 2 heterocycles. The van der Waals surface area contributed by atoms with Crippen LogP contribution in [0.2, 0.25) is 5.02 Å². The molecule has 0 saturated carbocycles. The maximum Gasteiger partial charge on any atom is 0.251 e. The Morgan fingerprint density at radius 2 is 1.91 bits per heavy atom. The maximum atomic E-state index is 12.8. The number of carbonyl (C=O) groups is 2. The quantitative estimate of drug-likeness (QED) is 0.796. The van der Waals surface area contributed by atoms with Crippen LogP contribution in [0.1, 0.15) is 26.2 Å². The van der Waals surface area contributed by atoms with Crippen LogP contribution in [0.3, 0.4) is 0 Å². The number of hydrogen-bond donors (Lipinski definition) is 0. The molecule has 2 aliphatic heterocycles. The van der Waals surface area contributed by atoms with E-state index >= 15 is 0 Å². The minimum atomic E-state index is -0.362. The van der Waals surface area contributed by atoms with Gasteiger partial charge >= 0.3 is 0 Å². The van der Waals surface area contributed by atoms with Crippen molar-refractivity contribution in [1.29, 1.82) is 0 Å². The second-order valence-electron chi connectivity index (χ2n) is 6.32. The molecule has 0 radical (unpaired) electrons. The Balaban J connectivity index is 1.86. The lowest BCUT2D eigenvalue weighted by atomic mass is 9.97. The molecule has 0 bridgehead atoms. The van der Waals surface area contributed by atoms with Gasteiger partial charge in [0.15, 0.2) is 0 Å². The first-order chi connectivity index (χ1) is 11.0. The van der Waals surface area contributed by atoms with Crippen molar-refractivity contribution in [3.8, 4) is 5.75 Å². The van der Waals surface area contributed by atoms with E-state index in [9.17, 15) is 9.59 Å². The molecule has 2 fully saturated rings. The average molecular weight is 337 g/mol. The molecule has 5 nitrogen and oxygen atoms in total. The summed E-state index contributed by atoms with van der Waals surface area (Å²) in [5.41, 5.74) is 0.433. The van der Waals surface area contributed by atoms with Gasteiger partial charge in [0.25, 0.3) is 5.91 Å². The summed E-state index contributed by atoms with van der Waals surface area (Å²) in [6.07, 6.45) is 2.36. The molecular weight excluding hydrogens is 316 g/mol. The molecule has 1 aromatic rings. The first-order valence-corrected chi connectivity index (χ1v) is 8.33. The van der Waals surface area contributed by atoms with Gasteiger partial charge in [0.1, 0.15) is 5.75 Å². The van der Waals surface area contributed by atoms with Crippen molar-refractivity contribution in [2.24, 2.45) is 5.92 Å². The third-order valence-corrected chi connectivity index (χ3v) is 5.00. The molecule has 2 saturated heterocycles. The monoisotopic (exact) mass is 336 g/mol. The van der Waals surface area contributed by atoms with Gasteiger partial charge in [0.2, 0.25) is 5.91 Å². The van der Waals surface area contributed by atoms with Gasteiger partial charge in [-0.1, -0.05) is 18.5 Å². The van der Waals surface area contributed by atoms with Gasteiger partial charge in [0.05, 0.1) is 25.3 Å². The summed E-state index contributed by atoms with van der Waals surface area (Å²) in [6.45, 7) is 3.96. The van der Waals surface area contributed by atoms with Gasteiger partial charge in [-0.3, -0.25) is 14.5 Å². The van der Waals surface area contributed by atoms with Crippen molar-refractivity contribution in [2.75, 3.05) is 25.1 Å². The van der Waals surface area contributed by atoms with Gasteiger partial charge in [-0.05, 0) is 50.0 Å². The molecule has 1 atom stereocenters. The van der Waals surface area contributed by atoms with Crippen molar-refractivity contribution in [3.63, 3.8) is 0 Å². The van der Waals surface area contributed by atoms with E-state index in [0.29, 0.717) is 22.4 Å². The number of piperidine rings is 1. The molecule has 124 valence electrons. The fourth-order valence-corrected chi connectivity index (χ4v) is 3.50. The van der Waals surface area contributed by atoms with E-state index in [4.69, 9.17) is 16.3 Å². The molecule has 3 rings (SSSR count). The number of halogens is 1. The number of imide groups is 1. The summed E-state index contributed by atoms with van der Waals surface area (Å²) >= 11 is 6.03. The molecule has 0 aliphatic carbocycles. The van der Waals surface area contributed by atoms with Gasteiger partial charge < -0.3 is 4.74 Å². The van der Waals surface area contributed by atoms with Crippen molar-refractivity contribution < 1.29 is 14.3 Å². The molecule has 0 unspecified atom stereocenters. The zero-order chi connectivity index (χ0) is 16.6. The number of rotatable bonds is 3. The van der Waals surface area contributed by atoms with Crippen molar-refractivity contribution in [3.05, 3.63) is 23.2 Å². The maximum absolute atomic E-state index is 12.8. The molecule has 0 spiro atoms. The number of anilines is 1. The highest BCUT2D eigenvalue weighted by molar-refractivity contribution is 6.31. The Labute approximate surface area is 141 Å². The second kappa shape index (κ2) is 6.49. The summed E-state index contributed by atoms with van der Waals surface area (Å²) in [7, 11) is 1.52. The molecule has 2 aliphatic rings. The summed E-state index contributed by atoms with van der Waals surface area (Å²) in [4.78, 5) is 28.7. The Morgan fingerprint density at radius 3 is 2.57 bits per heavy atom. The Bertz CT molecular complexity index is 626. The lowest BCUT2D eigenvalue weighted by molar-refractivity contribution is -0.123. The van der Waals surface area contributed by atoms with Crippen LogP contribution in [0.25, 0.3) is 0 Å². The highest BCUT2D eigenvalue weighted by Gasteiger charge is 2.44. The number of amides is 2. The SMILES string of the molecule is COc1ccc(Cl)cc1N1C(=O)C[C@H](N2CCC(C)CC2)C1=O. The summed E-state index contributed by atoms with van der Waals surface area (Å²) in [5.74, 6) is 0.788. The van der Waals surface area contributed by atoms with Crippen LogP contribution in [0.5, 0.6) is 5.75 Å². The van der Waals surface area contributed by atoms with E-state index in [1.807, 2.05) is 0 Å². The highest BCUT2D eigenvalue weighted by Crippen LogP contribution is 2.36. The van der Waals surface area contributed by atoms with Gasteiger partial charge in [-0.2, -0.15) is 0 Å². The number of nitrogens with zero attached hydrogens (tertiary/aromatic N) is 2. The van der Waals surface area contributed by atoms with Crippen LogP contribution in [0.15, 0.2) is 18.2 Å². The minimum Gasteiger partial charge on any atom is -0.495 e. The van der Waals surface area contributed by atoms with Gasteiger partial charge in [0, 0.05) is 5.02 Å². The third kappa shape index (κ3) is 3.08. The number of methoxy groups -OCH3 is 1. The zero-order valence-electron chi connectivity index (χ0n) is 13.4. The van der Waals surface area contributed by atoms with Crippen LogP contribution in [0, 0.1) is 5.92 Å². The predicted molar refractivity (Wildman–Crippen MR) is 88.9 cm³/mol. The molecule has 23 heavy (non-hydrogen) atoms. The van der Waals surface area contributed by atoms with E-state index in [-0.39, 0.29) is 24.3 Å². The van der Waals surface area contributed by atoms with Crippen LogP contribution in [0.4, 0.5) is 5.69 Å². The molecule has 0 N–H and O–H groups in total. The molecule has 2 amide bonds. The number of likely N-dealkylation sites (tertiary alicyclic amines) is 1. The molecular formula is C17H21ClN2O3. The molecule has 0 aromatic heterocycles. The molecule has 6 heteroatoms. The fraction of sp³-hybridized carbons (Fsp3) is 0.529. The second-order valence-corrected chi connectivity index (χ2v) is 6.76. The largest absolute Gasteiger partial charge is 0.495 e. The molecule has 1 aromatic carbocycles. The normalized spacial score (nSPS) is 23.6. The van der Waals surface area contributed by atoms with Crippen molar-refractivity contribution in [1.82, 2.24) is 4.90 Å². The topological polar surface area (TPSA) is 49.9 Å². The van der Waals surface area contributed by atoms with Crippen molar-refractivity contribution >= 4 is 29.1 Å². The fourth-order valence-electron chi connectivity index (χ4n) is 3.33. The average Bonchev–Trinajstić information content (AvgIpc) is 2.83. The van der Waals surface area contributed by atoms with E-state index in [1.54, 1.807) is 18.2 Å². The van der Waals surface area contributed by atoms with E-state index in [1.165, 1.54) is 12.0 Å². The lowest BCUT2D eigenvalue weighted by Gasteiger charge is -2.33. The van der Waals surface area contributed by atoms with E-state index < -0.39 is 0 Å². The van der Waals surface area contributed by atoms with Crippen LogP contribution < -0.4 is 9.64 Å². The Morgan fingerprint density at radius 1 is 1.22 bits per heavy atom. The van der Waals surface area contributed by atoms with E-state index in [0.717, 1.165) is 25.9 Å². The lowest BCUT2D eigenvalue weighted by Crippen LogP contribution is -2.45. The zero-order valence-corrected chi connectivity index (χ0v) is 14.2. The van der Waals surface area contributed by atoms with Gasteiger partial charge in [-0.15, -0.1) is 0 Å². The van der Waals surface area contributed by atoms with Crippen LogP contribution in [-0.2, 0) is 9.59 Å². The number of carbonyl (C=O) groups excluding carboxylic acids is 2. The van der Waals surface area contributed by atoms with Crippen molar-refractivity contribution in [2.45, 2.75) is 32.2 Å². The minimum absolute atomic E-state index is 0.176. The summed E-state index contributed by atoms with van der Waals surface area (Å²) < 4.78 is 5.29. The smallest absolute Gasteiger partial charge is 0.251 e.